The smallest absolute Gasteiger partial charge is 0.327 e. The van der Waals surface area contributed by atoms with Gasteiger partial charge in [-0.1, -0.05) is 0 Å². The van der Waals surface area contributed by atoms with Crippen molar-refractivity contribution in [3.63, 3.8) is 0 Å². The Morgan fingerprint density at radius 1 is 1.32 bits per heavy atom. The van der Waals surface area contributed by atoms with Crippen LogP contribution in [0.4, 0.5) is 0 Å². The van der Waals surface area contributed by atoms with E-state index in [9.17, 15) is 14.4 Å². The van der Waals surface area contributed by atoms with Crippen molar-refractivity contribution in [1.82, 2.24) is 20.3 Å². The molecule has 0 bridgehead atoms. The molecule has 0 saturated heterocycles. The lowest BCUT2D eigenvalue weighted by atomic mass is 10.1. The second-order valence-electron chi connectivity index (χ2n) is 5.20. The lowest BCUT2D eigenvalue weighted by Crippen LogP contribution is -2.45. The van der Waals surface area contributed by atoms with Crippen molar-refractivity contribution in [2.24, 2.45) is 5.73 Å². The number of pyridine rings is 1. The predicted molar refractivity (Wildman–Crippen MR) is 88.1 cm³/mol. The number of rotatable bonds is 3. The van der Waals surface area contributed by atoms with Crippen LogP contribution >= 0.6 is 24.8 Å². The molecule has 10 heteroatoms. The van der Waals surface area contributed by atoms with E-state index in [1.807, 2.05) is 0 Å². The summed E-state index contributed by atoms with van der Waals surface area (Å²) in [5.74, 6) is -0.386. The Morgan fingerprint density at radius 2 is 1.95 bits per heavy atom. The van der Waals surface area contributed by atoms with Crippen LogP contribution in [-0.2, 0) is 0 Å². The van der Waals surface area contributed by atoms with Crippen LogP contribution < -0.4 is 22.3 Å². The second kappa shape index (κ2) is 7.39. The van der Waals surface area contributed by atoms with Gasteiger partial charge in [0, 0.05) is 18.3 Å². The molecule has 2 aromatic heterocycles. The zero-order chi connectivity index (χ0) is 14.9. The summed E-state index contributed by atoms with van der Waals surface area (Å²) in [5.41, 5.74) is 4.35. The van der Waals surface area contributed by atoms with Crippen LogP contribution in [0.3, 0.4) is 0 Å². The van der Waals surface area contributed by atoms with Crippen molar-refractivity contribution in [2.75, 3.05) is 6.54 Å². The molecule has 0 aliphatic rings. The van der Waals surface area contributed by atoms with Gasteiger partial charge < -0.3 is 11.1 Å². The predicted octanol–water partition coefficient (Wildman–Crippen LogP) is -0.0779. The van der Waals surface area contributed by atoms with Gasteiger partial charge in [-0.2, -0.15) is 0 Å². The Balaban J connectivity index is 0.00000220. The molecule has 2 rings (SSSR count). The lowest BCUT2D eigenvalue weighted by molar-refractivity contribution is 0.0946. The van der Waals surface area contributed by atoms with Crippen molar-refractivity contribution < 1.29 is 4.79 Å². The SMILES string of the molecule is CC(C)(N)CNC(=O)c1cnc2[nH]c(=O)[nH]c(=O)c2c1.Cl.Cl. The number of aromatic amines is 2. The largest absolute Gasteiger partial charge is 0.350 e. The molecule has 0 aliphatic heterocycles. The molecule has 0 aromatic carbocycles. The average molecular weight is 350 g/mol. The van der Waals surface area contributed by atoms with E-state index in [-0.39, 0.29) is 53.9 Å². The Morgan fingerprint density at radius 3 is 2.55 bits per heavy atom. The molecular weight excluding hydrogens is 333 g/mol. The number of nitrogens with two attached hydrogens (primary N) is 1. The van der Waals surface area contributed by atoms with E-state index in [0.717, 1.165) is 0 Å². The molecule has 122 valence electrons. The van der Waals surface area contributed by atoms with Crippen LogP contribution in [0.2, 0.25) is 0 Å². The maximum Gasteiger partial charge on any atom is 0.327 e. The number of halogens is 2. The Hall–Kier alpha value is -1.90. The fourth-order valence-electron chi connectivity index (χ4n) is 1.58. The van der Waals surface area contributed by atoms with Crippen molar-refractivity contribution in [3.05, 3.63) is 38.7 Å². The number of carbonyl (C=O) groups is 1. The monoisotopic (exact) mass is 349 g/mol. The summed E-state index contributed by atoms with van der Waals surface area (Å²) >= 11 is 0. The van der Waals surface area contributed by atoms with E-state index in [4.69, 9.17) is 5.73 Å². The molecule has 0 spiro atoms. The van der Waals surface area contributed by atoms with E-state index in [1.54, 1.807) is 13.8 Å². The highest BCUT2D eigenvalue weighted by atomic mass is 35.5. The zero-order valence-corrected chi connectivity index (χ0v) is 13.6. The number of nitrogens with one attached hydrogen (secondary N) is 3. The highest BCUT2D eigenvalue weighted by Crippen LogP contribution is 2.05. The van der Waals surface area contributed by atoms with Gasteiger partial charge in [-0.05, 0) is 19.9 Å². The summed E-state index contributed by atoms with van der Waals surface area (Å²) in [6.45, 7) is 3.84. The minimum Gasteiger partial charge on any atom is -0.350 e. The number of hydrogen-bond donors (Lipinski definition) is 4. The topological polar surface area (TPSA) is 134 Å². The number of carbonyl (C=O) groups excluding carboxylic acids is 1. The van der Waals surface area contributed by atoms with Gasteiger partial charge in [-0.25, -0.2) is 9.78 Å². The van der Waals surface area contributed by atoms with Crippen LogP contribution in [0.1, 0.15) is 24.2 Å². The highest BCUT2D eigenvalue weighted by Gasteiger charge is 2.14. The molecule has 0 radical (unpaired) electrons. The summed E-state index contributed by atoms with van der Waals surface area (Å²) in [5, 5.41) is 2.79. The van der Waals surface area contributed by atoms with Crippen LogP contribution in [0.15, 0.2) is 21.9 Å². The van der Waals surface area contributed by atoms with Gasteiger partial charge in [0.2, 0.25) is 0 Å². The first kappa shape index (κ1) is 20.1. The summed E-state index contributed by atoms with van der Waals surface area (Å²) in [6, 6.07) is 1.37. The summed E-state index contributed by atoms with van der Waals surface area (Å²) in [6.07, 6.45) is 1.29. The maximum atomic E-state index is 11.9. The normalized spacial score (nSPS) is 10.5. The van der Waals surface area contributed by atoms with E-state index < -0.39 is 16.8 Å². The first-order valence-corrected chi connectivity index (χ1v) is 5.96. The maximum absolute atomic E-state index is 11.9. The lowest BCUT2D eigenvalue weighted by Gasteiger charge is -2.18. The zero-order valence-electron chi connectivity index (χ0n) is 11.9. The van der Waals surface area contributed by atoms with Gasteiger partial charge in [0.15, 0.2) is 0 Å². The number of hydrogen-bond acceptors (Lipinski definition) is 5. The number of fused-ring (bicyclic) bond motifs is 1. The van der Waals surface area contributed by atoms with E-state index in [2.05, 4.69) is 20.3 Å². The Labute approximate surface area is 137 Å². The third-order valence-electron chi connectivity index (χ3n) is 2.56. The molecule has 0 unspecified atom stereocenters. The van der Waals surface area contributed by atoms with Gasteiger partial charge >= 0.3 is 5.69 Å². The molecular formula is C12H17Cl2N5O3. The van der Waals surface area contributed by atoms with Gasteiger partial charge in [0.25, 0.3) is 11.5 Å². The van der Waals surface area contributed by atoms with Crippen LogP contribution in [0, 0.1) is 0 Å². The molecule has 0 fully saturated rings. The molecule has 0 atom stereocenters. The van der Waals surface area contributed by atoms with Crippen LogP contribution in [0.5, 0.6) is 0 Å². The first-order chi connectivity index (χ1) is 9.26. The molecule has 0 aliphatic carbocycles. The van der Waals surface area contributed by atoms with Crippen LogP contribution in [-0.4, -0.2) is 32.9 Å². The number of H-pyrrole nitrogens is 2. The van der Waals surface area contributed by atoms with Crippen molar-refractivity contribution in [3.8, 4) is 0 Å². The summed E-state index contributed by atoms with van der Waals surface area (Å²) in [7, 11) is 0. The summed E-state index contributed by atoms with van der Waals surface area (Å²) in [4.78, 5) is 43.0. The number of aromatic nitrogens is 3. The molecule has 8 nitrogen and oxygen atoms in total. The van der Waals surface area contributed by atoms with Crippen molar-refractivity contribution >= 4 is 41.8 Å². The Bertz CT molecular complexity index is 779. The standard InChI is InChI=1S/C12H15N5O3.2ClH/c1-12(2,13)5-15-9(18)6-3-7-8(14-4-6)16-11(20)17-10(7)19;;/h3-4H,5,13H2,1-2H3,(H,15,18)(H2,14,16,17,19,20);2*1H. The average Bonchev–Trinajstić information content (AvgIpc) is 2.34. The third-order valence-corrected chi connectivity index (χ3v) is 2.56. The van der Waals surface area contributed by atoms with Gasteiger partial charge in [-0.3, -0.25) is 19.6 Å². The quantitative estimate of drug-likeness (QED) is 0.614. The molecule has 0 saturated carbocycles. The number of amides is 1. The van der Waals surface area contributed by atoms with Gasteiger partial charge in [0.05, 0.1) is 10.9 Å². The minimum atomic E-state index is -0.642. The highest BCUT2D eigenvalue weighted by molar-refractivity contribution is 5.96. The second-order valence-corrected chi connectivity index (χ2v) is 5.20. The first-order valence-electron chi connectivity index (χ1n) is 5.96. The fourth-order valence-corrected chi connectivity index (χ4v) is 1.58. The molecule has 5 N–H and O–H groups in total. The van der Waals surface area contributed by atoms with E-state index in [1.165, 1.54) is 12.3 Å². The Kier molecular flexibility index (Phi) is 6.75. The molecule has 22 heavy (non-hydrogen) atoms. The van der Waals surface area contributed by atoms with Crippen molar-refractivity contribution in [1.29, 1.82) is 0 Å². The van der Waals surface area contributed by atoms with Crippen molar-refractivity contribution in [2.45, 2.75) is 19.4 Å². The van der Waals surface area contributed by atoms with Crippen LogP contribution in [0.25, 0.3) is 11.0 Å². The molecule has 2 aromatic rings. The minimum absolute atomic E-state index is 0. The molecule has 1 amide bonds. The fraction of sp³-hybridized carbons (Fsp3) is 0.333. The summed E-state index contributed by atoms with van der Waals surface area (Å²) < 4.78 is 0. The van der Waals surface area contributed by atoms with E-state index >= 15 is 0 Å². The number of nitrogens with zero attached hydrogens (tertiary/aromatic N) is 1. The molecule has 2 heterocycles. The van der Waals surface area contributed by atoms with E-state index in [0.29, 0.717) is 0 Å². The van der Waals surface area contributed by atoms with Gasteiger partial charge in [-0.15, -0.1) is 24.8 Å². The van der Waals surface area contributed by atoms with Gasteiger partial charge in [0.1, 0.15) is 5.65 Å². The third kappa shape index (κ3) is 4.83.